The molecule has 0 unspecified atom stereocenters. The first-order valence-electron chi connectivity index (χ1n) is 4.46. The van der Waals surface area contributed by atoms with E-state index in [1.165, 1.54) is 10.6 Å². The molecule has 14 heavy (non-hydrogen) atoms. The van der Waals surface area contributed by atoms with Crippen molar-refractivity contribution in [2.24, 2.45) is 0 Å². The third-order valence-corrected chi connectivity index (χ3v) is 4.35. The molecule has 7 heteroatoms. The highest BCUT2D eigenvalue weighted by Gasteiger charge is 2.33. The van der Waals surface area contributed by atoms with E-state index in [1.807, 2.05) is 0 Å². The van der Waals surface area contributed by atoms with E-state index >= 15 is 0 Å². The van der Waals surface area contributed by atoms with Crippen LogP contribution < -0.4 is 0 Å². The zero-order chi connectivity index (χ0) is 10.2. The Labute approximate surface area is 82.4 Å². The quantitative estimate of drug-likeness (QED) is 0.770. The van der Waals surface area contributed by atoms with Crippen LogP contribution in [0.25, 0.3) is 0 Å². The smallest absolute Gasteiger partial charge is 0.249 e. The van der Waals surface area contributed by atoms with Gasteiger partial charge in [0.05, 0.1) is 0 Å². The van der Waals surface area contributed by atoms with Crippen molar-refractivity contribution >= 4 is 10.0 Å². The molecule has 0 amide bonds. The summed E-state index contributed by atoms with van der Waals surface area (Å²) >= 11 is 0. The van der Waals surface area contributed by atoms with Crippen LogP contribution in [0.1, 0.15) is 19.3 Å². The second-order valence-electron chi connectivity index (χ2n) is 3.40. The fraction of sp³-hybridized carbons (Fsp3) is 0.714. The van der Waals surface area contributed by atoms with Crippen LogP contribution in [0.2, 0.25) is 0 Å². The normalized spacial score (nSPS) is 18.4. The van der Waals surface area contributed by atoms with Gasteiger partial charge in [0, 0.05) is 13.1 Å². The fourth-order valence-corrected chi connectivity index (χ4v) is 2.63. The fourth-order valence-electron chi connectivity index (χ4n) is 1.40. The molecular weight excluding hydrogens is 204 g/mol. The minimum absolute atomic E-state index is 0.0769. The molecule has 0 radical (unpaired) electrons. The van der Waals surface area contributed by atoms with Gasteiger partial charge in [-0.1, -0.05) is 6.42 Å². The number of nitrogens with zero attached hydrogens (tertiary/aromatic N) is 3. The summed E-state index contributed by atoms with van der Waals surface area (Å²) in [6.45, 7) is 0. The maximum atomic E-state index is 11.8. The Morgan fingerprint density at radius 2 is 2.29 bits per heavy atom. The summed E-state index contributed by atoms with van der Waals surface area (Å²) in [5.74, 6) is 0. The van der Waals surface area contributed by atoms with Crippen molar-refractivity contribution in [3.63, 3.8) is 0 Å². The van der Waals surface area contributed by atoms with Crippen LogP contribution in [0.15, 0.2) is 11.5 Å². The Balaban J connectivity index is 2.23. The number of sulfonamides is 1. The lowest BCUT2D eigenvalue weighted by atomic mass is 9.94. The molecule has 78 valence electrons. The first-order valence-corrected chi connectivity index (χ1v) is 5.90. The summed E-state index contributed by atoms with van der Waals surface area (Å²) in [4.78, 5) is 3.65. The molecule has 1 saturated carbocycles. The molecule has 6 nitrogen and oxygen atoms in total. The Morgan fingerprint density at radius 1 is 1.57 bits per heavy atom. The summed E-state index contributed by atoms with van der Waals surface area (Å²) in [5.41, 5.74) is 0. The van der Waals surface area contributed by atoms with Gasteiger partial charge in [0.1, 0.15) is 6.33 Å². The molecule has 1 fully saturated rings. The van der Waals surface area contributed by atoms with Crippen molar-refractivity contribution in [1.29, 1.82) is 0 Å². The molecular formula is C7H12N4O2S. The largest absolute Gasteiger partial charge is 0.278 e. The molecule has 2 rings (SSSR count). The van der Waals surface area contributed by atoms with Gasteiger partial charge >= 0.3 is 0 Å². The standard InChI is InChI=1S/C7H12N4O2S/c1-11(6-3-2-4-6)14(12,13)7-8-5-9-10-7/h5-6H,2-4H2,1H3,(H,8,9,10). The molecule has 1 aromatic heterocycles. The highest BCUT2D eigenvalue weighted by atomic mass is 32.2. The predicted octanol–water partition coefficient (Wildman–Crippen LogP) is -0.0223. The average molecular weight is 216 g/mol. The topological polar surface area (TPSA) is 79.0 Å². The molecule has 0 saturated heterocycles. The van der Waals surface area contributed by atoms with E-state index < -0.39 is 10.0 Å². The van der Waals surface area contributed by atoms with Crippen LogP contribution >= 0.6 is 0 Å². The highest BCUT2D eigenvalue weighted by Crippen LogP contribution is 2.27. The second kappa shape index (κ2) is 3.32. The van der Waals surface area contributed by atoms with Gasteiger partial charge in [0.15, 0.2) is 0 Å². The van der Waals surface area contributed by atoms with Gasteiger partial charge in [-0.15, -0.1) is 0 Å². The van der Waals surface area contributed by atoms with Gasteiger partial charge in [0.2, 0.25) is 0 Å². The molecule has 1 heterocycles. The first kappa shape index (κ1) is 9.60. The van der Waals surface area contributed by atoms with E-state index in [2.05, 4.69) is 15.2 Å². The van der Waals surface area contributed by atoms with Crippen molar-refractivity contribution in [3.05, 3.63) is 6.33 Å². The van der Waals surface area contributed by atoms with E-state index in [0.717, 1.165) is 19.3 Å². The summed E-state index contributed by atoms with van der Waals surface area (Å²) < 4.78 is 25.0. The summed E-state index contributed by atoms with van der Waals surface area (Å²) in [6, 6.07) is 0.130. The molecule has 1 aliphatic rings. The lowest BCUT2D eigenvalue weighted by Gasteiger charge is -2.32. The average Bonchev–Trinajstić information content (AvgIpc) is 2.52. The Kier molecular flexibility index (Phi) is 2.28. The van der Waals surface area contributed by atoms with E-state index in [-0.39, 0.29) is 11.2 Å². The number of hydrogen-bond donors (Lipinski definition) is 1. The third-order valence-electron chi connectivity index (χ3n) is 2.61. The van der Waals surface area contributed by atoms with Crippen LogP contribution in [0.4, 0.5) is 0 Å². The van der Waals surface area contributed by atoms with Crippen molar-refractivity contribution in [2.75, 3.05) is 7.05 Å². The molecule has 1 aromatic rings. The highest BCUT2D eigenvalue weighted by molar-refractivity contribution is 7.88. The lowest BCUT2D eigenvalue weighted by Crippen LogP contribution is -2.41. The minimum atomic E-state index is -3.45. The predicted molar refractivity (Wildman–Crippen MR) is 49.0 cm³/mol. The van der Waals surface area contributed by atoms with Crippen LogP contribution in [-0.2, 0) is 10.0 Å². The molecule has 0 aromatic carbocycles. The van der Waals surface area contributed by atoms with Crippen LogP contribution in [-0.4, -0.2) is 41.0 Å². The van der Waals surface area contributed by atoms with Gasteiger partial charge < -0.3 is 0 Å². The summed E-state index contributed by atoms with van der Waals surface area (Å²) in [6.07, 6.45) is 4.16. The van der Waals surface area contributed by atoms with Gasteiger partial charge in [0.25, 0.3) is 15.2 Å². The van der Waals surface area contributed by atoms with Crippen molar-refractivity contribution in [2.45, 2.75) is 30.5 Å². The SMILES string of the molecule is CN(C1CCC1)S(=O)(=O)c1ncn[nH]1. The van der Waals surface area contributed by atoms with Gasteiger partial charge in [-0.05, 0) is 12.8 Å². The monoisotopic (exact) mass is 216 g/mol. The third kappa shape index (κ3) is 1.42. The van der Waals surface area contributed by atoms with Crippen molar-refractivity contribution in [1.82, 2.24) is 19.5 Å². The molecule has 1 N–H and O–H groups in total. The van der Waals surface area contributed by atoms with Crippen LogP contribution in [0.5, 0.6) is 0 Å². The van der Waals surface area contributed by atoms with Gasteiger partial charge in [-0.3, -0.25) is 0 Å². The van der Waals surface area contributed by atoms with E-state index in [1.54, 1.807) is 7.05 Å². The van der Waals surface area contributed by atoms with Gasteiger partial charge in [-0.25, -0.2) is 18.5 Å². The Bertz CT molecular complexity index is 395. The lowest BCUT2D eigenvalue weighted by molar-refractivity contribution is 0.248. The van der Waals surface area contributed by atoms with Crippen molar-refractivity contribution in [3.8, 4) is 0 Å². The number of rotatable bonds is 3. The number of H-pyrrole nitrogens is 1. The van der Waals surface area contributed by atoms with E-state index in [0.29, 0.717) is 0 Å². The Morgan fingerprint density at radius 3 is 2.71 bits per heavy atom. The molecule has 0 atom stereocenters. The summed E-state index contributed by atoms with van der Waals surface area (Å²) in [5, 5.41) is 5.83. The zero-order valence-corrected chi connectivity index (χ0v) is 8.66. The van der Waals surface area contributed by atoms with Gasteiger partial charge in [-0.2, -0.15) is 9.40 Å². The van der Waals surface area contributed by atoms with Crippen LogP contribution in [0.3, 0.4) is 0 Å². The molecule has 0 spiro atoms. The minimum Gasteiger partial charge on any atom is -0.249 e. The van der Waals surface area contributed by atoms with E-state index in [9.17, 15) is 8.42 Å². The number of nitrogens with one attached hydrogen (secondary N) is 1. The Hall–Kier alpha value is -0.950. The van der Waals surface area contributed by atoms with E-state index in [4.69, 9.17) is 0 Å². The molecule has 0 bridgehead atoms. The second-order valence-corrected chi connectivity index (χ2v) is 5.31. The maximum Gasteiger partial charge on any atom is 0.278 e. The number of aromatic amines is 1. The van der Waals surface area contributed by atoms with Crippen LogP contribution in [0, 0.1) is 0 Å². The molecule has 0 aliphatic heterocycles. The number of aromatic nitrogens is 3. The maximum absolute atomic E-state index is 11.8. The first-order chi connectivity index (χ1) is 6.62. The zero-order valence-electron chi connectivity index (χ0n) is 7.84. The number of hydrogen-bond acceptors (Lipinski definition) is 4. The molecule has 1 aliphatic carbocycles. The summed E-state index contributed by atoms with van der Waals surface area (Å²) in [7, 11) is -1.87. The van der Waals surface area contributed by atoms with Crippen molar-refractivity contribution < 1.29 is 8.42 Å².